The highest BCUT2D eigenvalue weighted by Gasteiger charge is 2.24. The third kappa shape index (κ3) is 4.99. The summed E-state index contributed by atoms with van der Waals surface area (Å²) in [7, 11) is -0.977. The van der Waals surface area contributed by atoms with Crippen LogP contribution in [0.5, 0.6) is 11.5 Å². The summed E-state index contributed by atoms with van der Waals surface area (Å²) in [6.45, 7) is 3.97. The Hall–Kier alpha value is -2.58. The van der Waals surface area contributed by atoms with Crippen LogP contribution in [0.1, 0.15) is 35.8 Å². The number of hydrogen-bond acceptors (Lipinski definition) is 5. The maximum atomic E-state index is 12.9. The highest BCUT2D eigenvalue weighted by Crippen LogP contribution is 2.27. The minimum absolute atomic E-state index is 0.0888. The van der Waals surface area contributed by atoms with E-state index >= 15 is 0 Å². The lowest BCUT2D eigenvalue weighted by Gasteiger charge is -2.17. The van der Waals surface area contributed by atoms with Gasteiger partial charge in [0.15, 0.2) is 0 Å². The molecule has 0 aliphatic carbocycles. The number of ether oxygens (including phenoxy) is 2. The van der Waals surface area contributed by atoms with Crippen molar-refractivity contribution in [1.29, 1.82) is 0 Å². The monoisotopic (exact) mass is 392 g/mol. The van der Waals surface area contributed by atoms with Gasteiger partial charge in [-0.3, -0.25) is 4.79 Å². The van der Waals surface area contributed by atoms with Crippen molar-refractivity contribution in [3.8, 4) is 11.5 Å². The molecule has 0 aliphatic rings. The van der Waals surface area contributed by atoms with Crippen LogP contribution in [-0.2, 0) is 10.0 Å². The first-order chi connectivity index (χ1) is 12.8. The Morgan fingerprint density at radius 2 is 1.74 bits per heavy atom. The van der Waals surface area contributed by atoms with Gasteiger partial charge >= 0.3 is 0 Å². The second kappa shape index (κ2) is 8.88. The molecule has 27 heavy (non-hydrogen) atoms. The molecular weight excluding hydrogens is 368 g/mol. The molecule has 0 aromatic heterocycles. The van der Waals surface area contributed by atoms with E-state index in [0.29, 0.717) is 12.3 Å². The van der Waals surface area contributed by atoms with Gasteiger partial charge in [-0.1, -0.05) is 12.1 Å². The summed E-state index contributed by atoms with van der Waals surface area (Å²) in [4.78, 5) is 12.0. The molecule has 2 N–H and O–H groups in total. The summed E-state index contributed by atoms with van der Waals surface area (Å²) in [6.07, 6.45) is 0. The van der Waals surface area contributed by atoms with Crippen molar-refractivity contribution < 1.29 is 22.7 Å². The van der Waals surface area contributed by atoms with Crippen LogP contribution < -0.4 is 19.5 Å². The van der Waals surface area contributed by atoms with Gasteiger partial charge in [-0.15, -0.1) is 0 Å². The van der Waals surface area contributed by atoms with Crippen molar-refractivity contribution in [2.24, 2.45) is 0 Å². The molecule has 2 rings (SSSR count). The third-order valence-corrected chi connectivity index (χ3v) is 5.56. The zero-order valence-corrected chi connectivity index (χ0v) is 16.6. The Bertz CT molecular complexity index is 895. The van der Waals surface area contributed by atoms with Gasteiger partial charge in [-0.05, 0) is 49.7 Å². The van der Waals surface area contributed by atoms with Gasteiger partial charge in [0.2, 0.25) is 10.0 Å². The number of methoxy groups -OCH3 is 2. The van der Waals surface area contributed by atoms with E-state index in [0.717, 1.165) is 5.56 Å². The van der Waals surface area contributed by atoms with Crippen LogP contribution in [0.3, 0.4) is 0 Å². The first-order valence-corrected chi connectivity index (χ1v) is 9.93. The van der Waals surface area contributed by atoms with Crippen LogP contribution in [0, 0.1) is 0 Å². The Morgan fingerprint density at radius 3 is 2.30 bits per heavy atom. The minimum Gasteiger partial charge on any atom is -0.497 e. The number of nitrogens with one attached hydrogen (secondary N) is 2. The molecule has 0 aliphatic heterocycles. The Labute approximate surface area is 159 Å². The molecule has 2 aromatic carbocycles. The second-order valence-corrected chi connectivity index (χ2v) is 7.52. The smallest absolute Gasteiger partial charge is 0.251 e. The highest BCUT2D eigenvalue weighted by molar-refractivity contribution is 7.89. The van der Waals surface area contributed by atoms with E-state index in [1.165, 1.54) is 25.3 Å². The quantitative estimate of drug-likeness (QED) is 0.720. The van der Waals surface area contributed by atoms with E-state index < -0.39 is 16.1 Å². The Balaban J connectivity index is 2.33. The summed E-state index contributed by atoms with van der Waals surface area (Å²) < 4.78 is 38.7. The summed E-state index contributed by atoms with van der Waals surface area (Å²) in [5.41, 5.74) is 1.02. The lowest BCUT2D eigenvalue weighted by molar-refractivity contribution is 0.0955. The zero-order chi connectivity index (χ0) is 20.0. The standard InChI is InChI=1S/C19H24N2O5S/c1-5-20-19(22)15-8-11-17(26-4)18(12-15)27(23,24)21-13(2)14-6-9-16(25-3)10-7-14/h6-13,21H,5H2,1-4H3,(H,20,22)/t13-/m1/s1. The van der Waals surface area contributed by atoms with Crippen molar-refractivity contribution in [3.05, 3.63) is 53.6 Å². The third-order valence-electron chi connectivity index (χ3n) is 4.00. The molecular formula is C19H24N2O5S. The predicted octanol–water partition coefficient (Wildman–Crippen LogP) is 2.49. The fraction of sp³-hybridized carbons (Fsp3) is 0.316. The molecule has 0 radical (unpaired) electrons. The summed E-state index contributed by atoms with van der Waals surface area (Å²) in [5.74, 6) is 0.502. The number of amides is 1. The zero-order valence-electron chi connectivity index (χ0n) is 15.8. The van der Waals surface area contributed by atoms with Crippen molar-refractivity contribution in [1.82, 2.24) is 10.0 Å². The van der Waals surface area contributed by atoms with Crippen molar-refractivity contribution in [2.45, 2.75) is 24.8 Å². The van der Waals surface area contributed by atoms with Gasteiger partial charge in [-0.25, -0.2) is 13.1 Å². The number of carbonyl (C=O) groups is 1. The topological polar surface area (TPSA) is 93.7 Å². The van der Waals surface area contributed by atoms with Gasteiger partial charge < -0.3 is 14.8 Å². The van der Waals surface area contributed by atoms with Gasteiger partial charge in [0.1, 0.15) is 16.4 Å². The number of carbonyl (C=O) groups excluding carboxylic acids is 1. The van der Waals surface area contributed by atoms with E-state index in [4.69, 9.17) is 9.47 Å². The largest absolute Gasteiger partial charge is 0.497 e. The molecule has 0 spiro atoms. The molecule has 1 amide bonds. The molecule has 1 atom stereocenters. The highest BCUT2D eigenvalue weighted by atomic mass is 32.2. The summed E-state index contributed by atoms with van der Waals surface area (Å²) in [5, 5.41) is 2.65. The van der Waals surface area contributed by atoms with E-state index in [2.05, 4.69) is 10.0 Å². The molecule has 0 heterocycles. The van der Waals surface area contributed by atoms with Crippen LogP contribution in [0.2, 0.25) is 0 Å². The normalized spacial score (nSPS) is 12.3. The van der Waals surface area contributed by atoms with E-state index in [-0.39, 0.29) is 22.1 Å². The van der Waals surface area contributed by atoms with Crippen molar-refractivity contribution >= 4 is 15.9 Å². The van der Waals surface area contributed by atoms with Crippen LogP contribution >= 0.6 is 0 Å². The molecule has 0 fully saturated rings. The fourth-order valence-electron chi connectivity index (χ4n) is 2.55. The van der Waals surface area contributed by atoms with Gasteiger partial charge in [0.25, 0.3) is 5.91 Å². The van der Waals surface area contributed by atoms with Crippen molar-refractivity contribution in [3.63, 3.8) is 0 Å². The Kier molecular flexibility index (Phi) is 6.81. The molecule has 7 nitrogen and oxygen atoms in total. The van der Waals surface area contributed by atoms with Gasteiger partial charge in [0, 0.05) is 18.2 Å². The first kappa shape index (κ1) is 20.7. The van der Waals surface area contributed by atoms with Crippen LogP contribution in [0.25, 0.3) is 0 Å². The Morgan fingerprint density at radius 1 is 1.07 bits per heavy atom. The van der Waals surface area contributed by atoms with Gasteiger partial charge in [-0.2, -0.15) is 0 Å². The lowest BCUT2D eigenvalue weighted by Crippen LogP contribution is -2.28. The average molecular weight is 392 g/mol. The van der Waals surface area contributed by atoms with Gasteiger partial charge in [0.05, 0.1) is 14.2 Å². The molecule has 0 saturated carbocycles. The SMILES string of the molecule is CCNC(=O)c1ccc(OC)c(S(=O)(=O)N[C@H](C)c2ccc(OC)cc2)c1. The number of hydrogen-bond donors (Lipinski definition) is 2. The summed E-state index contributed by atoms with van der Waals surface area (Å²) >= 11 is 0. The second-order valence-electron chi connectivity index (χ2n) is 5.84. The lowest BCUT2D eigenvalue weighted by atomic mass is 10.1. The van der Waals surface area contributed by atoms with Crippen LogP contribution in [0.15, 0.2) is 47.4 Å². The summed E-state index contributed by atoms with van der Waals surface area (Å²) in [6, 6.07) is 10.9. The van der Waals surface area contributed by atoms with Crippen molar-refractivity contribution in [2.75, 3.05) is 20.8 Å². The maximum Gasteiger partial charge on any atom is 0.251 e. The van der Waals surface area contributed by atoms with Crippen LogP contribution in [0.4, 0.5) is 0 Å². The number of rotatable bonds is 8. The van der Waals surface area contributed by atoms with E-state index in [1.54, 1.807) is 45.2 Å². The minimum atomic E-state index is -3.92. The van der Waals surface area contributed by atoms with E-state index in [9.17, 15) is 13.2 Å². The fourth-order valence-corrected chi connectivity index (χ4v) is 3.97. The number of benzene rings is 2. The number of sulfonamides is 1. The predicted molar refractivity (Wildman–Crippen MR) is 103 cm³/mol. The maximum absolute atomic E-state index is 12.9. The molecule has 2 aromatic rings. The average Bonchev–Trinajstić information content (AvgIpc) is 2.67. The molecule has 8 heteroatoms. The van der Waals surface area contributed by atoms with E-state index in [1.807, 2.05) is 0 Å². The molecule has 0 bridgehead atoms. The molecule has 0 unspecified atom stereocenters. The molecule has 146 valence electrons. The van der Waals surface area contributed by atoms with Crippen LogP contribution in [-0.4, -0.2) is 35.1 Å². The molecule has 0 saturated heterocycles. The first-order valence-electron chi connectivity index (χ1n) is 8.45.